The molecule has 0 amide bonds. The van der Waals surface area contributed by atoms with Gasteiger partial charge in [0.2, 0.25) is 0 Å². The van der Waals surface area contributed by atoms with Crippen LogP contribution in [0.25, 0.3) is 0 Å². The second kappa shape index (κ2) is 9.62. The first-order chi connectivity index (χ1) is 5.41. The average molecular weight is 159 g/mol. The van der Waals surface area contributed by atoms with Crippen LogP contribution in [0.15, 0.2) is 12.7 Å². The van der Waals surface area contributed by atoms with E-state index in [2.05, 4.69) is 11.9 Å². The van der Waals surface area contributed by atoms with Crippen LogP contribution in [-0.2, 0) is 4.74 Å². The van der Waals surface area contributed by atoms with Crippen molar-refractivity contribution in [2.24, 2.45) is 0 Å². The summed E-state index contributed by atoms with van der Waals surface area (Å²) in [6.07, 6.45) is 2.54. The third kappa shape index (κ3) is 9.62. The highest BCUT2D eigenvalue weighted by molar-refractivity contribution is 4.63. The molecule has 66 valence electrons. The molecule has 3 nitrogen and oxygen atoms in total. The lowest BCUT2D eigenvalue weighted by atomic mass is 10.4. The van der Waals surface area contributed by atoms with E-state index in [0.29, 0.717) is 13.2 Å². The van der Waals surface area contributed by atoms with Gasteiger partial charge in [-0.15, -0.1) is 6.58 Å². The Hall–Kier alpha value is -0.380. The summed E-state index contributed by atoms with van der Waals surface area (Å²) in [6, 6.07) is 0. The predicted octanol–water partition coefficient (Wildman–Crippen LogP) is 0.161. The summed E-state index contributed by atoms with van der Waals surface area (Å²) in [6.45, 7) is 6.79. The van der Waals surface area contributed by atoms with E-state index >= 15 is 0 Å². The van der Waals surface area contributed by atoms with Crippen molar-refractivity contribution in [1.82, 2.24) is 5.32 Å². The zero-order chi connectivity index (χ0) is 8.36. The normalized spacial score (nSPS) is 9.91. The molecule has 0 aliphatic rings. The zero-order valence-corrected chi connectivity index (χ0v) is 6.88. The minimum absolute atomic E-state index is 0.251. The summed E-state index contributed by atoms with van der Waals surface area (Å²) in [4.78, 5) is 0. The maximum atomic E-state index is 8.42. The SMILES string of the molecule is C=CCOCCNCCCO. The van der Waals surface area contributed by atoms with Crippen molar-refractivity contribution in [2.75, 3.05) is 32.9 Å². The maximum Gasteiger partial charge on any atom is 0.0645 e. The third-order valence-electron chi connectivity index (χ3n) is 1.17. The van der Waals surface area contributed by atoms with Gasteiger partial charge in [-0.2, -0.15) is 0 Å². The van der Waals surface area contributed by atoms with Crippen LogP contribution in [0.4, 0.5) is 0 Å². The topological polar surface area (TPSA) is 41.5 Å². The number of rotatable bonds is 8. The lowest BCUT2D eigenvalue weighted by molar-refractivity contribution is 0.163. The Kier molecular flexibility index (Phi) is 9.29. The molecule has 0 unspecified atom stereocenters. The Morgan fingerprint density at radius 2 is 2.27 bits per heavy atom. The molecule has 0 aromatic heterocycles. The highest BCUT2D eigenvalue weighted by atomic mass is 16.5. The molecule has 0 heterocycles. The molecule has 11 heavy (non-hydrogen) atoms. The van der Waals surface area contributed by atoms with E-state index < -0.39 is 0 Å². The second-order valence-corrected chi connectivity index (χ2v) is 2.19. The summed E-state index contributed by atoms with van der Waals surface area (Å²) in [7, 11) is 0. The summed E-state index contributed by atoms with van der Waals surface area (Å²) < 4.78 is 5.12. The number of aliphatic hydroxyl groups is 1. The quantitative estimate of drug-likeness (QED) is 0.391. The summed E-state index contributed by atoms with van der Waals surface area (Å²) >= 11 is 0. The van der Waals surface area contributed by atoms with Crippen molar-refractivity contribution in [3.8, 4) is 0 Å². The van der Waals surface area contributed by atoms with Gasteiger partial charge in [-0.25, -0.2) is 0 Å². The summed E-state index contributed by atoms with van der Waals surface area (Å²) in [5, 5.41) is 11.5. The van der Waals surface area contributed by atoms with Crippen LogP contribution in [0.3, 0.4) is 0 Å². The molecular weight excluding hydrogens is 142 g/mol. The van der Waals surface area contributed by atoms with Crippen LogP contribution in [0.2, 0.25) is 0 Å². The molecule has 0 rings (SSSR count). The molecule has 0 aromatic rings. The molecule has 0 radical (unpaired) electrons. The number of aliphatic hydroxyl groups excluding tert-OH is 1. The fraction of sp³-hybridized carbons (Fsp3) is 0.750. The van der Waals surface area contributed by atoms with Gasteiger partial charge in [-0.05, 0) is 13.0 Å². The van der Waals surface area contributed by atoms with E-state index in [1.807, 2.05) is 0 Å². The molecule has 0 fully saturated rings. The first kappa shape index (κ1) is 10.6. The first-order valence-electron chi connectivity index (χ1n) is 3.92. The maximum absolute atomic E-state index is 8.42. The van der Waals surface area contributed by atoms with Gasteiger partial charge in [0.1, 0.15) is 0 Å². The Balaban J connectivity index is 2.74. The predicted molar refractivity (Wildman–Crippen MR) is 45.6 cm³/mol. The molecule has 0 aromatic carbocycles. The van der Waals surface area contributed by atoms with Crippen LogP contribution in [0, 0.1) is 0 Å². The molecule has 0 aliphatic heterocycles. The van der Waals surface area contributed by atoms with Crippen LogP contribution < -0.4 is 5.32 Å². The van der Waals surface area contributed by atoms with E-state index in [4.69, 9.17) is 9.84 Å². The zero-order valence-electron chi connectivity index (χ0n) is 6.88. The van der Waals surface area contributed by atoms with E-state index in [0.717, 1.165) is 19.5 Å². The molecule has 2 N–H and O–H groups in total. The van der Waals surface area contributed by atoms with E-state index in [9.17, 15) is 0 Å². The molecule has 3 heteroatoms. The Bertz CT molecular complexity index is 86.2. The van der Waals surface area contributed by atoms with Gasteiger partial charge in [0.25, 0.3) is 0 Å². The first-order valence-corrected chi connectivity index (χ1v) is 3.92. The number of hydrogen-bond acceptors (Lipinski definition) is 3. The minimum atomic E-state index is 0.251. The Morgan fingerprint density at radius 1 is 1.45 bits per heavy atom. The standard InChI is InChI=1S/C8H17NO2/c1-2-7-11-8-5-9-4-3-6-10/h2,9-10H,1,3-8H2. The third-order valence-corrected chi connectivity index (χ3v) is 1.17. The van der Waals surface area contributed by atoms with Gasteiger partial charge in [-0.1, -0.05) is 6.08 Å². The van der Waals surface area contributed by atoms with Gasteiger partial charge >= 0.3 is 0 Å². The van der Waals surface area contributed by atoms with E-state index in [1.54, 1.807) is 6.08 Å². The summed E-state index contributed by atoms with van der Waals surface area (Å²) in [5.74, 6) is 0. The smallest absolute Gasteiger partial charge is 0.0645 e. The largest absolute Gasteiger partial charge is 0.396 e. The number of nitrogens with one attached hydrogen (secondary N) is 1. The van der Waals surface area contributed by atoms with E-state index in [-0.39, 0.29) is 6.61 Å². The molecule has 0 saturated carbocycles. The van der Waals surface area contributed by atoms with Gasteiger partial charge < -0.3 is 15.2 Å². The molecular formula is C8H17NO2. The van der Waals surface area contributed by atoms with Gasteiger partial charge in [0.15, 0.2) is 0 Å². The Morgan fingerprint density at radius 3 is 2.91 bits per heavy atom. The van der Waals surface area contributed by atoms with Crippen molar-refractivity contribution in [3.05, 3.63) is 12.7 Å². The lowest BCUT2D eigenvalue weighted by Gasteiger charge is -2.02. The molecule has 0 spiro atoms. The lowest BCUT2D eigenvalue weighted by Crippen LogP contribution is -2.21. The Labute approximate surface area is 68.1 Å². The van der Waals surface area contributed by atoms with Crippen LogP contribution in [0.1, 0.15) is 6.42 Å². The highest BCUT2D eigenvalue weighted by Crippen LogP contribution is 1.75. The number of ether oxygens (including phenoxy) is 1. The van der Waals surface area contributed by atoms with Crippen LogP contribution >= 0.6 is 0 Å². The average Bonchev–Trinajstić information content (AvgIpc) is 2.03. The van der Waals surface area contributed by atoms with Crippen LogP contribution in [-0.4, -0.2) is 38.0 Å². The fourth-order valence-electron chi connectivity index (χ4n) is 0.640. The van der Waals surface area contributed by atoms with Crippen molar-refractivity contribution in [2.45, 2.75) is 6.42 Å². The fourth-order valence-corrected chi connectivity index (χ4v) is 0.640. The van der Waals surface area contributed by atoms with Gasteiger partial charge in [0.05, 0.1) is 13.2 Å². The van der Waals surface area contributed by atoms with Crippen LogP contribution in [0.5, 0.6) is 0 Å². The highest BCUT2D eigenvalue weighted by Gasteiger charge is 1.85. The molecule has 0 bridgehead atoms. The van der Waals surface area contributed by atoms with Gasteiger partial charge in [0, 0.05) is 13.2 Å². The minimum Gasteiger partial charge on any atom is -0.396 e. The van der Waals surface area contributed by atoms with Crippen molar-refractivity contribution in [3.63, 3.8) is 0 Å². The summed E-state index contributed by atoms with van der Waals surface area (Å²) in [5.41, 5.74) is 0. The molecule has 0 atom stereocenters. The van der Waals surface area contributed by atoms with E-state index in [1.165, 1.54) is 0 Å². The molecule has 0 saturated heterocycles. The molecule has 0 aliphatic carbocycles. The second-order valence-electron chi connectivity index (χ2n) is 2.19. The van der Waals surface area contributed by atoms with Crippen molar-refractivity contribution in [1.29, 1.82) is 0 Å². The van der Waals surface area contributed by atoms with Crippen molar-refractivity contribution < 1.29 is 9.84 Å². The van der Waals surface area contributed by atoms with Gasteiger partial charge in [-0.3, -0.25) is 0 Å². The monoisotopic (exact) mass is 159 g/mol. The van der Waals surface area contributed by atoms with Crippen molar-refractivity contribution >= 4 is 0 Å². The number of hydrogen-bond donors (Lipinski definition) is 2.